The van der Waals surface area contributed by atoms with Crippen molar-refractivity contribution in [2.45, 2.75) is 105 Å². The molecule has 0 aliphatic carbocycles. The second-order valence-electron chi connectivity index (χ2n) is 12.5. The molecule has 2 aliphatic rings. The van der Waals surface area contributed by atoms with Gasteiger partial charge in [0.05, 0.1) is 11.2 Å². The molecule has 1 aromatic heterocycles. The molecule has 0 bridgehead atoms. The molecule has 3 rings (SSSR count). The van der Waals surface area contributed by atoms with Crippen LogP contribution in [0.3, 0.4) is 0 Å². The van der Waals surface area contributed by atoms with Gasteiger partial charge in [-0.05, 0) is 81.6 Å². The van der Waals surface area contributed by atoms with Gasteiger partial charge in [-0.2, -0.15) is 0 Å². The Kier molecular flexibility index (Phi) is 8.49. The minimum atomic E-state index is -0.652. The molecule has 2 saturated heterocycles. The number of nitrogens with one attached hydrogen (secondary N) is 1. The van der Waals surface area contributed by atoms with Crippen LogP contribution in [0.5, 0.6) is 0 Å². The van der Waals surface area contributed by atoms with Gasteiger partial charge in [0.1, 0.15) is 11.6 Å². The van der Waals surface area contributed by atoms with Crippen LogP contribution in [0.4, 0.5) is 10.7 Å². The number of alkyl carbamates (subject to hydrolysis) is 1. The van der Waals surface area contributed by atoms with Crippen molar-refractivity contribution in [2.75, 3.05) is 24.5 Å². The molecule has 206 valence electrons. The highest BCUT2D eigenvalue weighted by molar-refractivity contribution is 6.61. The molecule has 2 atom stereocenters. The Morgan fingerprint density at radius 1 is 1.16 bits per heavy atom. The van der Waals surface area contributed by atoms with Crippen LogP contribution in [0.2, 0.25) is 0 Å². The highest BCUT2D eigenvalue weighted by Gasteiger charge is 2.52. The summed E-state index contributed by atoms with van der Waals surface area (Å²) >= 11 is 0. The molecule has 2 amide bonds. The minimum absolute atomic E-state index is 0.104. The van der Waals surface area contributed by atoms with Gasteiger partial charge in [-0.25, -0.2) is 14.8 Å². The lowest BCUT2D eigenvalue weighted by Gasteiger charge is -2.32. The molecule has 0 radical (unpaired) electrons. The van der Waals surface area contributed by atoms with Crippen LogP contribution < -0.4 is 15.7 Å². The van der Waals surface area contributed by atoms with Crippen LogP contribution in [0.25, 0.3) is 0 Å². The molecule has 0 saturated carbocycles. The predicted molar refractivity (Wildman–Crippen MR) is 144 cm³/mol. The summed E-state index contributed by atoms with van der Waals surface area (Å²) in [6.07, 6.45) is 3.83. The summed E-state index contributed by atoms with van der Waals surface area (Å²) in [5.41, 5.74) is -0.677. The Labute approximate surface area is 222 Å². The molecule has 37 heavy (non-hydrogen) atoms. The van der Waals surface area contributed by atoms with E-state index in [-0.39, 0.29) is 17.9 Å². The zero-order valence-electron chi connectivity index (χ0n) is 24.1. The van der Waals surface area contributed by atoms with E-state index in [4.69, 9.17) is 14.0 Å². The first-order valence-corrected chi connectivity index (χ1v) is 13.2. The number of likely N-dealkylation sites (tertiary alicyclic amines) is 1. The maximum absolute atomic E-state index is 12.9. The summed E-state index contributed by atoms with van der Waals surface area (Å²) in [7, 11) is -0.503. The molecular weight excluding hydrogens is 473 g/mol. The van der Waals surface area contributed by atoms with E-state index in [2.05, 4.69) is 34.0 Å². The summed E-state index contributed by atoms with van der Waals surface area (Å²) in [4.78, 5) is 38.2. The molecule has 11 heteroatoms. The standard InChI is InChI=1S/C26H44BN5O5/c1-17(2)32(22-28-13-20(14-29-22)27-36-25(7,8)26(9,10)37-27)16-19-11-12-31(15-19)21(33)18(3)30-23(34)35-24(4,5)6/h13-14,17-19H,11-12,15-16H2,1-10H3,(H,30,34)/t18-,19+/m0/s1. The Bertz CT molecular complexity index is 947. The predicted octanol–water partition coefficient (Wildman–Crippen LogP) is 2.75. The largest absolute Gasteiger partial charge is 0.498 e. The summed E-state index contributed by atoms with van der Waals surface area (Å²) in [5, 5.41) is 2.65. The number of hydrogen-bond acceptors (Lipinski definition) is 8. The maximum atomic E-state index is 12.9. The summed E-state index contributed by atoms with van der Waals surface area (Å²) in [6.45, 7) is 21.4. The Hall–Kier alpha value is -2.40. The van der Waals surface area contributed by atoms with Gasteiger partial charge >= 0.3 is 13.2 Å². The van der Waals surface area contributed by atoms with E-state index >= 15 is 0 Å². The first-order valence-electron chi connectivity index (χ1n) is 13.2. The molecular formula is C26H44BN5O5. The zero-order valence-corrected chi connectivity index (χ0v) is 24.1. The van der Waals surface area contributed by atoms with E-state index in [0.717, 1.165) is 18.4 Å². The lowest BCUT2D eigenvalue weighted by atomic mass is 9.81. The maximum Gasteiger partial charge on any atom is 0.498 e. The number of anilines is 1. The molecule has 0 spiro atoms. The van der Waals surface area contributed by atoms with Crippen LogP contribution >= 0.6 is 0 Å². The van der Waals surface area contributed by atoms with Crippen molar-refractivity contribution in [3.63, 3.8) is 0 Å². The molecule has 1 aromatic rings. The van der Waals surface area contributed by atoms with Crippen LogP contribution in [-0.4, -0.2) is 82.5 Å². The van der Waals surface area contributed by atoms with Gasteiger partial charge < -0.3 is 29.2 Å². The van der Waals surface area contributed by atoms with Crippen molar-refractivity contribution >= 4 is 30.5 Å². The minimum Gasteiger partial charge on any atom is -0.444 e. The van der Waals surface area contributed by atoms with Crippen LogP contribution in [-0.2, 0) is 18.8 Å². The highest BCUT2D eigenvalue weighted by Crippen LogP contribution is 2.36. The third kappa shape index (κ3) is 7.13. The van der Waals surface area contributed by atoms with E-state index in [0.29, 0.717) is 19.0 Å². The van der Waals surface area contributed by atoms with Gasteiger partial charge in [0.25, 0.3) is 0 Å². The molecule has 0 unspecified atom stereocenters. The summed E-state index contributed by atoms with van der Waals surface area (Å²) in [6, 6.07) is -0.471. The molecule has 2 fully saturated rings. The zero-order chi connectivity index (χ0) is 27.8. The number of amides is 2. The smallest absolute Gasteiger partial charge is 0.444 e. The van der Waals surface area contributed by atoms with Crippen LogP contribution in [0, 0.1) is 5.92 Å². The van der Waals surface area contributed by atoms with Crippen molar-refractivity contribution in [3.8, 4) is 0 Å². The number of aromatic nitrogens is 2. The molecule has 3 heterocycles. The van der Waals surface area contributed by atoms with E-state index in [9.17, 15) is 9.59 Å². The lowest BCUT2D eigenvalue weighted by Crippen LogP contribution is -2.47. The van der Waals surface area contributed by atoms with E-state index in [1.165, 1.54) is 0 Å². The third-order valence-electron chi connectivity index (χ3n) is 7.22. The van der Waals surface area contributed by atoms with Crippen molar-refractivity contribution in [1.82, 2.24) is 20.2 Å². The fourth-order valence-corrected chi connectivity index (χ4v) is 4.38. The van der Waals surface area contributed by atoms with Gasteiger partial charge in [0, 0.05) is 43.5 Å². The van der Waals surface area contributed by atoms with Crippen LogP contribution in [0.15, 0.2) is 12.4 Å². The average molecular weight is 517 g/mol. The molecule has 0 aromatic carbocycles. The van der Waals surface area contributed by atoms with Gasteiger partial charge in [-0.3, -0.25) is 4.79 Å². The Morgan fingerprint density at radius 3 is 2.24 bits per heavy atom. The average Bonchev–Trinajstić information content (AvgIpc) is 3.31. The van der Waals surface area contributed by atoms with Gasteiger partial charge in [-0.15, -0.1) is 0 Å². The third-order valence-corrected chi connectivity index (χ3v) is 7.22. The highest BCUT2D eigenvalue weighted by atomic mass is 16.7. The topological polar surface area (TPSA) is 106 Å². The number of carbonyl (C=O) groups excluding carboxylic acids is 2. The Balaban J connectivity index is 1.58. The quantitative estimate of drug-likeness (QED) is 0.551. The number of carbonyl (C=O) groups is 2. The first-order chi connectivity index (χ1) is 17.0. The van der Waals surface area contributed by atoms with E-state index in [1.807, 2.05) is 32.6 Å². The molecule has 1 N–H and O–H groups in total. The summed E-state index contributed by atoms with van der Waals surface area (Å²) < 4.78 is 17.5. The van der Waals surface area contributed by atoms with Crippen LogP contribution in [0.1, 0.15) is 75.7 Å². The SMILES string of the molecule is CC(C)N(C[C@@H]1CCN(C(=O)[C@H](C)NC(=O)OC(C)(C)C)C1)c1ncc(B2OC(C)(C)C(C)(C)O2)cn1. The van der Waals surface area contributed by atoms with Crippen molar-refractivity contribution < 1.29 is 23.6 Å². The fourth-order valence-electron chi connectivity index (χ4n) is 4.38. The second kappa shape index (κ2) is 10.8. The number of nitrogens with zero attached hydrogens (tertiary/aromatic N) is 4. The lowest BCUT2D eigenvalue weighted by molar-refractivity contribution is -0.132. The number of rotatable bonds is 7. The van der Waals surface area contributed by atoms with Crippen molar-refractivity contribution in [3.05, 3.63) is 12.4 Å². The molecule has 2 aliphatic heterocycles. The molecule has 10 nitrogen and oxygen atoms in total. The van der Waals surface area contributed by atoms with Crippen molar-refractivity contribution in [1.29, 1.82) is 0 Å². The van der Waals surface area contributed by atoms with Crippen molar-refractivity contribution in [2.24, 2.45) is 5.92 Å². The number of ether oxygens (including phenoxy) is 1. The second-order valence-corrected chi connectivity index (χ2v) is 12.5. The first kappa shape index (κ1) is 29.2. The van der Waals surface area contributed by atoms with E-state index in [1.54, 1.807) is 40.1 Å². The monoisotopic (exact) mass is 517 g/mol. The normalized spacial score (nSPS) is 21.8. The van der Waals surface area contributed by atoms with E-state index < -0.39 is 36.1 Å². The van der Waals surface area contributed by atoms with Gasteiger partial charge in [0.2, 0.25) is 11.9 Å². The number of hydrogen-bond donors (Lipinski definition) is 1. The fraction of sp³-hybridized carbons (Fsp3) is 0.769. The van der Waals surface area contributed by atoms with Gasteiger partial charge in [0.15, 0.2) is 0 Å². The van der Waals surface area contributed by atoms with Gasteiger partial charge in [-0.1, -0.05) is 0 Å². The summed E-state index contributed by atoms with van der Waals surface area (Å²) in [5.74, 6) is 0.805. The Morgan fingerprint density at radius 2 is 1.73 bits per heavy atom.